The van der Waals surface area contributed by atoms with Gasteiger partial charge in [0.1, 0.15) is 0 Å². The summed E-state index contributed by atoms with van der Waals surface area (Å²) in [5, 5.41) is 33.9. The topological polar surface area (TPSA) is 108 Å². The van der Waals surface area contributed by atoms with Crippen molar-refractivity contribution >= 4 is 0 Å². The number of aryl methyl sites for hydroxylation is 3. The average molecular weight is 814 g/mol. The van der Waals surface area contributed by atoms with E-state index in [1.807, 2.05) is 0 Å². The molecule has 12 bridgehead atoms. The van der Waals surface area contributed by atoms with E-state index in [-0.39, 0.29) is 0 Å². The third-order valence-electron chi connectivity index (χ3n) is 12.1. The molecule has 0 fully saturated rings. The van der Waals surface area contributed by atoms with E-state index in [4.69, 9.17) is 0 Å². The Morgan fingerprint density at radius 2 is 0.350 bits per heavy atom. The largest absolute Gasteiger partial charge is 0.313 e. The third-order valence-corrected chi connectivity index (χ3v) is 12.1. The molecule has 9 heteroatoms. The number of rotatable bonds is 0. The summed E-state index contributed by atoms with van der Waals surface area (Å²) >= 11 is 0. The molecule has 9 nitrogen and oxygen atoms in total. The molecule has 0 amide bonds. The molecule has 0 aromatic heterocycles. The first kappa shape index (κ1) is 44.6. The normalized spacial score (nSPS) is 19.6. The molecule has 8 rings (SSSR count). The first-order valence-electron chi connectivity index (χ1n) is 23.5. The minimum Gasteiger partial charge on any atom is -0.313 e. The predicted octanol–water partition coefficient (Wildman–Crippen LogP) is 5.60. The molecule has 0 spiro atoms. The van der Waals surface area contributed by atoms with Crippen molar-refractivity contribution in [1.29, 1.82) is 0 Å². The number of fused-ring (bicyclic) bond motifs is 30. The number of hydrogen-bond acceptors (Lipinski definition) is 9. The molecule has 324 valence electrons. The number of nitrogens with one attached hydrogen (secondary N) is 9. The van der Waals surface area contributed by atoms with Crippen molar-refractivity contribution in [3.8, 4) is 0 Å². The van der Waals surface area contributed by atoms with Crippen molar-refractivity contribution in [3.63, 3.8) is 0 Å². The molecule has 4 aromatic carbocycles. The molecule has 60 heavy (non-hydrogen) atoms. The molecule has 0 saturated heterocycles. The Morgan fingerprint density at radius 1 is 0.183 bits per heavy atom. The van der Waals surface area contributed by atoms with Crippen LogP contribution in [-0.4, -0.2) is 58.9 Å². The second-order valence-electron chi connectivity index (χ2n) is 17.6. The Morgan fingerprint density at radius 3 is 0.567 bits per heavy atom. The fourth-order valence-corrected chi connectivity index (χ4v) is 9.07. The number of benzene rings is 4. The minimum atomic E-state index is 0.861. The zero-order valence-electron chi connectivity index (χ0n) is 36.5. The van der Waals surface area contributed by atoms with Crippen molar-refractivity contribution in [2.45, 2.75) is 117 Å². The molecule has 0 unspecified atom stereocenters. The zero-order valence-corrected chi connectivity index (χ0v) is 36.5. The van der Waals surface area contributed by atoms with Crippen LogP contribution in [0.1, 0.15) is 105 Å². The van der Waals surface area contributed by atoms with Crippen LogP contribution in [0.5, 0.6) is 0 Å². The summed E-state index contributed by atoms with van der Waals surface area (Å²) in [6.45, 7) is 16.7. The van der Waals surface area contributed by atoms with Crippen LogP contribution >= 0.6 is 0 Å². The molecule has 9 N–H and O–H groups in total. The Kier molecular flexibility index (Phi) is 18.9. The monoisotopic (exact) mass is 814 g/mol. The molecule has 4 heterocycles. The van der Waals surface area contributed by atoms with E-state index >= 15 is 0 Å². The second kappa shape index (κ2) is 25.5. The van der Waals surface area contributed by atoms with Crippen molar-refractivity contribution in [1.82, 2.24) is 47.9 Å². The van der Waals surface area contributed by atoms with Gasteiger partial charge in [0.2, 0.25) is 0 Å². The summed E-state index contributed by atoms with van der Waals surface area (Å²) in [4.78, 5) is 0. The molecule has 0 aliphatic carbocycles. The van der Waals surface area contributed by atoms with Crippen molar-refractivity contribution in [2.24, 2.45) is 0 Å². The van der Waals surface area contributed by atoms with Gasteiger partial charge in [-0.3, -0.25) is 0 Å². The fraction of sp³-hybridized carbons (Fsp3) is 0.529. The highest BCUT2D eigenvalue weighted by atomic mass is 15.0. The molecule has 0 saturated carbocycles. The summed E-state index contributed by atoms with van der Waals surface area (Å²) in [5.41, 5.74) is 16.8. The van der Waals surface area contributed by atoms with Gasteiger partial charge in [0, 0.05) is 98.2 Å². The van der Waals surface area contributed by atoms with Crippen LogP contribution in [-0.2, 0) is 78.2 Å². The molecule has 4 aliphatic rings. The van der Waals surface area contributed by atoms with E-state index in [2.05, 4.69) is 121 Å². The van der Waals surface area contributed by atoms with Gasteiger partial charge in [-0.05, 0) is 144 Å². The standard InChI is InChI=1S/C51H75N9/c1-4-10-52-31-44-22-42-9-3-6-12-54-33-47-25-46-26-48(27-47)36-59-17-18-60-39-51-29-49(28-50(30-51)38-58-16-14-56-35-45(23-42)24-44)37-57-15-13-55-34-43-20-40(7-1)19-41(21-43)8-2-5-11-53-32-46/h19-30,52-60H,1-18,31-39H2. The second-order valence-corrected chi connectivity index (χ2v) is 17.6. The smallest absolute Gasteiger partial charge is 0.0206 e. The first-order chi connectivity index (χ1) is 29.7. The van der Waals surface area contributed by atoms with Crippen molar-refractivity contribution in [3.05, 3.63) is 140 Å². The van der Waals surface area contributed by atoms with Crippen LogP contribution < -0.4 is 47.9 Å². The minimum absolute atomic E-state index is 0.861. The van der Waals surface area contributed by atoms with Gasteiger partial charge in [0.05, 0.1) is 0 Å². The van der Waals surface area contributed by atoms with Gasteiger partial charge >= 0.3 is 0 Å². The van der Waals surface area contributed by atoms with Crippen LogP contribution in [0.2, 0.25) is 0 Å². The van der Waals surface area contributed by atoms with E-state index in [1.54, 1.807) is 0 Å². The average Bonchev–Trinajstić information content (AvgIpc) is 3.24. The first-order valence-corrected chi connectivity index (χ1v) is 23.5. The third kappa shape index (κ3) is 16.1. The predicted molar refractivity (Wildman–Crippen MR) is 250 cm³/mol. The summed E-state index contributed by atoms with van der Waals surface area (Å²) in [6.07, 6.45) is 10.5. The van der Waals surface area contributed by atoms with E-state index < -0.39 is 0 Å². The van der Waals surface area contributed by atoms with E-state index in [0.717, 1.165) is 137 Å². The Balaban J connectivity index is 1.17. The fourth-order valence-electron chi connectivity index (χ4n) is 9.07. The lowest BCUT2D eigenvalue weighted by Crippen LogP contribution is -2.28. The summed E-state index contributed by atoms with van der Waals surface area (Å²) in [7, 11) is 0. The molecule has 4 aliphatic heterocycles. The highest BCUT2D eigenvalue weighted by Crippen LogP contribution is 2.18. The lowest BCUT2D eigenvalue weighted by Gasteiger charge is -2.14. The lowest BCUT2D eigenvalue weighted by molar-refractivity contribution is 0.600. The Hall–Kier alpha value is -3.48. The summed E-state index contributed by atoms with van der Waals surface area (Å²) < 4.78 is 0. The van der Waals surface area contributed by atoms with Crippen LogP contribution in [0.4, 0.5) is 0 Å². The summed E-state index contributed by atoms with van der Waals surface area (Å²) in [6, 6.07) is 29.1. The van der Waals surface area contributed by atoms with Gasteiger partial charge < -0.3 is 47.9 Å². The lowest BCUT2D eigenvalue weighted by atomic mass is 9.98. The van der Waals surface area contributed by atoms with Crippen molar-refractivity contribution in [2.75, 3.05) is 58.9 Å². The SMILES string of the molecule is c1c2cc3cc1CCCCNCc1cc4cc(c1)CNCCNCc1cc(cc(c1)CNCCNCc1cc(cc(c1)CNCCCC2)CCCCNC4)CNCCNC3. The van der Waals surface area contributed by atoms with Gasteiger partial charge in [0.25, 0.3) is 0 Å². The maximum atomic E-state index is 3.81. The van der Waals surface area contributed by atoms with Gasteiger partial charge in [0.15, 0.2) is 0 Å². The van der Waals surface area contributed by atoms with E-state index in [9.17, 15) is 0 Å². The number of hydrogen-bond donors (Lipinski definition) is 9. The Bertz CT molecular complexity index is 1350. The highest BCUT2D eigenvalue weighted by molar-refractivity contribution is 5.33. The van der Waals surface area contributed by atoms with Gasteiger partial charge in [-0.15, -0.1) is 0 Å². The van der Waals surface area contributed by atoms with Gasteiger partial charge in [-0.25, -0.2) is 0 Å². The van der Waals surface area contributed by atoms with Crippen LogP contribution in [0, 0.1) is 0 Å². The molecule has 4 aromatic rings. The van der Waals surface area contributed by atoms with E-state index in [1.165, 1.54) is 105 Å². The molecule has 0 radical (unpaired) electrons. The quantitative estimate of drug-likeness (QED) is 0.112. The van der Waals surface area contributed by atoms with Gasteiger partial charge in [-0.1, -0.05) is 72.8 Å². The maximum Gasteiger partial charge on any atom is 0.0206 e. The van der Waals surface area contributed by atoms with Gasteiger partial charge in [-0.2, -0.15) is 0 Å². The van der Waals surface area contributed by atoms with E-state index in [0.29, 0.717) is 0 Å². The van der Waals surface area contributed by atoms with Crippen LogP contribution in [0.3, 0.4) is 0 Å². The molecular weight excluding hydrogens is 739 g/mol. The van der Waals surface area contributed by atoms with Crippen molar-refractivity contribution < 1.29 is 0 Å². The molecular formula is C51H75N9. The summed E-state index contributed by atoms with van der Waals surface area (Å²) in [5.74, 6) is 0. The highest BCUT2D eigenvalue weighted by Gasteiger charge is 2.09. The van der Waals surface area contributed by atoms with Crippen LogP contribution in [0.15, 0.2) is 72.8 Å². The zero-order chi connectivity index (χ0) is 40.9. The molecule has 0 atom stereocenters. The maximum absolute atomic E-state index is 3.81. The Labute approximate surface area is 361 Å². The van der Waals surface area contributed by atoms with Crippen LogP contribution in [0.25, 0.3) is 0 Å².